The van der Waals surface area contributed by atoms with E-state index in [-0.39, 0.29) is 22.7 Å². The molecule has 0 aromatic heterocycles. The van der Waals surface area contributed by atoms with Gasteiger partial charge in [0.1, 0.15) is 11.5 Å². The third kappa shape index (κ3) is 6.40. The number of ether oxygens (including phenoxy) is 1. The maximum atomic E-state index is 12.2. The summed E-state index contributed by atoms with van der Waals surface area (Å²) in [5.41, 5.74) is 3.50. The maximum Gasteiger partial charge on any atom is 0.337 e. The molecular formula is C29H26N2O7S2-2. The Kier molecular flexibility index (Phi) is 9.00. The Balaban J connectivity index is 1.68. The number of aryl methyl sites for hydroxylation is 3. The van der Waals surface area contributed by atoms with E-state index in [0.717, 1.165) is 15.4 Å². The molecule has 0 spiro atoms. The van der Waals surface area contributed by atoms with Crippen molar-refractivity contribution in [1.82, 2.24) is 0 Å². The second kappa shape index (κ2) is 12.4. The van der Waals surface area contributed by atoms with Crippen molar-refractivity contribution in [1.29, 1.82) is 0 Å². The van der Waals surface area contributed by atoms with Crippen molar-refractivity contribution >= 4 is 51.3 Å². The molecule has 2 unspecified atom stereocenters. The highest BCUT2D eigenvalue weighted by Crippen LogP contribution is 2.37. The third-order valence-corrected chi connectivity index (χ3v) is 7.55. The van der Waals surface area contributed by atoms with E-state index in [4.69, 9.17) is 4.74 Å². The second-order valence-corrected chi connectivity index (χ2v) is 10.5. The van der Waals surface area contributed by atoms with Crippen LogP contribution in [0.3, 0.4) is 0 Å². The third-order valence-electron chi connectivity index (χ3n) is 6.14. The lowest BCUT2D eigenvalue weighted by molar-refractivity contribution is 0.0697. The first kappa shape index (κ1) is 29.0. The molecule has 0 saturated heterocycles. The van der Waals surface area contributed by atoms with Gasteiger partial charge in [-0.05, 0) is 86.5 Å². The minimum atomic E-state index is -2.79. The Morgan fingerprint density at radius 2 is 1.20 bits per heavy atom. The van der Waals surface area contributed by atoms with Crippen LogP contribution in [0.2, 0.25) is 0 Å². The molecule has 0 heterocycles. The highest BCUT2D eigenvalue weighted by atomic mass is 32.2. The number of hydrogen-bond acceptors (Lipinski definition) is 6. The number of benzene rings is 4. The van der Waals surface area contributed by atoms with E-state index in [0.29, 0.717) is 29.1 Å². The zero-order valence-corrected chi connectivity index (χ0v) is 23.5. The summed E-state index contributed by atoms with van der Waals surface area (Å²) in [4.78, 5) is 12.1. The summed E-state index contributed by atoms with van der Waals surface area (Å²) in [5.74, 6) is -0.813. The summed E-state index contributed by atoms with van der Waals surface area (Å²) in [7, 11) is 0. The van der Waals surface area contributed by atoms with Gasteiger partial charge in [0.25, 0.3) is 0 Å². The quantitative estimate of drug-likeness (QED) is 0.221. The first-order valence-electron chi connectivity index (χ1n) is 12.2. The number of nitrogens with zero attached hydrogens (tertiary/aromatic N) is 2. The maximum absolute atomic E-state index is 12.2. The van der Waals surface area contributed by atoms with Crippen LogP contribution in [-0.2, 0) is 29.0 Å². The predicted octanol–water partition coefficient (Wildman–Crippen LogP) is 6.22. The van der Waals surface area contributed by atoms with Crippen LogP contribution in [0, 0.1) is 13.8 Å². The molecule has 11 heteroatoms. The number of hydrogen-bond donors (Lipinski definition) is 1. The molecular weight excluding hydrogens is 552 g/mol. The second-order valence-electron chi connectivity index (χ2n) is 8.92. The summed E-state index contributed by atoms with van der Waals surface area (Å²) in [5, 5.41) is 9.89. The number of carboxylic acids is 1. The van der Waals surface area contributed by atoms with Crippen LogP contribution >= 0.6 is 0 Å². The van der Waals surface area contributed by atoms with E-state index in [1.54, 1.807) is 54.6 Å². The van der Waals surface area contributed by atoms with Gasteiger partial charge in [0, 0.05) is 0 Å². The molecule has 208 valence electrons. The fourth-order valence-corrected chi connectivity index (χ4v) is 5.39. The SMILES string of the molecule is CCc1cc(Oc2ccc(N(c3ccc(C)cc3)S(=O)[O-])c(C(=O)O)c2)ccc1N(c1ccc(C)cc1)S(=O)[O-]. The lowest BCUT2D eigenvalue weighted by Crippen LogP contribution is -2.22. The highest BCUT2D eigenvalue weighted by molar-refractivity contribution is 7.81. The lowest BCUT2D eigenvalue weighted by Gasteiger charge is -2.29. The lowest BCUT2D eigenvalue weighted by atomic mass is 10.1. The van der Waals surface area contributed by atoms with Crippen molar-refractivity contribution in [2.45, 2.75) is 27.2 Å². The van der Waals surface area contributed by atoms with Crippen LogP contribution in [-0.4, -0.2) is 28.6 Å². The van der Waals surface area contributed by atoms with Crippen molar-refractivity contribution in [2.75, 3.05) is 8.61 Å². The van der Waals surface area contributed by atoms with Gasteiger partial charge < -0.3 is 18.9 Å². The van der Waals surface area contributed by atoms with Crippen molar-refractivity contribution in [3.05, 3.63) is 107 Å². The van der Waals surface area contributed by atoms with E-state index < -0.39 is 28.5 Å². The number of carboxylic acid groups (broad SMARTS) is 1. The van der Waals surface area contributed by atoms with Crippen LogP contribution in [0.5, 0.6) is 11.5 Å². The van der Waals surface area contributed by atoms with Gasteiger partial charge in [-0.1, -0.05) is 42.3 Å². The van der Waals surface area contributed by atoms with Crippen LogP contribution < -0.4 is 13.3 Å². The van der Waals surface area contributed by atoms with Gasteiger partial charge in [-0.25, -0.2) is 4.79 Å². The van der Waals surface area contributed by atoms with Gasteiger partial charge in [0.05, 0.1) is 50.8 Å². The average molecular weight is 579 g/mol. The Morgan fingerprint density at radius 1 is 0.750 bits per heavy atom. The normalized spacial score (nSPS) is 12.4. The molecule has 0 saturated carbocycles. The number of anilines is 4. The Morgan fingerprint density at radius 3 is 1.65 bits per heavy atom. The standard InChI is InChI=1S/C29H28N2O7S2/c1-4-21-17-24(13-15-27(21)30(39(34)35)22-9-5-19(2)6-10-22)38-25-14-16-28(26(18-25)29(32)33)31(40(36)37)23-11-7-20(3)8-12-23/h5-18H,4H2,1-3H3,(H,32,33)(H,34,35)(H,36,37)/p-2. The van der Waals surface area contributed by atoms with E-state index in [1.807, 2.05) is 32.9 Å². The molecule has 2 atom stereocenters. The monoisotopic (exact) mass is 578 g/mol. The Hall–Kier alpha value is -4.03. The molecule has 1 N–H and O–H groups in total. The fourth-order valence-electron chi connectivity index (χ4n) is 4.14. The molecule has 0 aliphatic heterocycles. The molecule has 0 radical (unpaired) electrons. The molecule has 9 nitrogen and oxygen atoms in total. The first-order chi connectivity index (χ1) is 19.1. The van der Waals surface area contributed by atoms with E-state index in [9.17, 15) is 27.4 Å². The predicted molar refractivity (Wildman–Crippen MR) is 154 cm³/mol. The number of carbonyl (C=O) groups is 1. The topological polar surface area (TPSA) is 133 Å². The first-order valence-corrected chi connectivity index (χ1v) is 14.3. The zero-order chi connectivity index (χ0) is 29.0. The van der Waals surface area contributed by atoms with E-state index in [2.05, 4.69) is 0 Å². The number of aromatic carboxylic acids is 1. The van der Waals surface area contributed by atoms with Crippen molar-refractivity contribution in [3.8, 4) is 11.5 Å². The van der Waals surface area contributed by atoms with Gasteiger partial charge in [-0.15, -0.1) is 0 Å². The van der Waals surface area contributed by atoms with Crippen LogP contribution in [0.1, 0.15) is 34.0 Å². The largest absolute Gasteiger partial charge is 0.755 e. The fraction of sp³-hybridized carbons (Fsp3) is 0.138. The molecule has 40 heavy (non-hydrogen) atoms. The molecule has 0 aliphatic rings. The van der Waals surface area contributed by atoms with Gasteiger partial charge in [-0.2, -0.15) is 0 Å². The van der Waals surface area contributed by atoms with Gasteiger partial charge in [-0.3, -0.25) is 17.0 Å². The summed E-state index contributed by atoms with van der Waals surface area (Å²) >= 11 is -5.37. The van der Waals surface area contributed by atoms with Gasteiger partial charge in [0.15, 0.2) is 0 Å². The highest BCUT2D eigenvalue weighted by Gasteiger charge is 2.21. The van der Waals surface area contributed by atoms with Gasteiger partial charge >= 0.3 is 5.97 Å². The van der Waals surface area contributed by atoms with Crippen molar-refractivity contribution < 1.29 is 32.2 Å². The smallest absolute Gasteiger partial charge is 0.337 e. The number of rotatable bonds is 10. The van der Waals surface area contributed by atoms with Crippen LogP contribution in [0.15, 0.2) is 84.9 Å². The Bertz CT molecular complexity index is 1570. The zero-order valence-electron chi connectivity index (χ0n) is 21.9. The summed E-state index contributed by atoms with van der Waals surface area (Å²) in [6, 6.07) is 22.7. The minimum Gasteiger partial charge on any atom is -0.755 e. The average Bonchev–Trinajstić information content (AvgIpc) is 2.92. The summed E-state index contributed by atoms with van der Waals surface area (Å²) in [6.45, 7) is 5.64. The van der Waals surface area contributed by atoms with Gasteiger partial charge in [0.2, 0.25) is 0 Å². The molecule has 4 aromatic rings. The summed E-state index contributed by atoms with van der Waals surface area (Å²) < 4.78 is 56.6. The molecule has 0 bridgehead atoms. The Labute approximate surface area is 237 Å². The molecule has 0 aliphatic carbocycles. The molecule has 0 amide bonds. The molecule has 0 fully saturated rings. The van der Waals surface area contributed by atoms with Crippen LogP contribution in [0.25, 0.3) is 0 Å². The minimum absolute atomic E-state index is 0.0479. The van der Waals surface area contributed by atoms with E-state index in [1.165, 1.54) is 22.5 Å². The van der Waals surface area contributed by atoms with Crippen molar-refractivity contribution in [2.24, 2.45) is 0 Å². The summed E-state index contributed by atoms with van der Waals surface area (Å²) in [6.07, 6.45) is 0.492. The van der Waals surface area contributed by atoms with E-state index >= 15 is 0 Å². The van der Waals surface area contributed by atoms with Crippen molar-refractivity contribution in [3.63, 3.8) is 0 Å². The van der Waals surface area contributed by atoms with Crippen LogP contribution in [0.4, 0.5) is 22.7 Å². The molecule has 4 rings (SSSR count). The molecule has 4 aromatic carbocycles.